The van der Waals surface area contributed by atoms with Crippen LogP contribution in [0, 0.1) is 18.2 Å². The lowest BCUT2D eigenvalue weighted by Gasteiger charge is -2.42. The Morgan fingerprint density at radius 1 is 1.00 bits per heavy atom. The molecule has 0 radical (unpaired) electrons. The average molecular weight is 587 g/mol. The van der Waals surface area contributed by atoms with E-state index in [0.29, 0.717) is 12.5 Å². The van der Waals surface area contributed by atoms with E-state index in [0.717, 1.165) is 68.9 Å². The Labute approximate surface area is 259 Å². The zero-order chi connectivity index (χ0) is 30.2. The first-order chi connectivity index (χ1) is 20.8. The molecule has 0 bridgehead atoms. The molecule has 0 aromatic heterocycles. The van der Waals surface area contributed by atoms with Crippen LogP contribution in [0.2, 0.25) is 0 Å². The third-order valence-corrected chi connectivity index (χ3v) is 9.63. The van der Waals surface area contributed by atoms with E-state index in [1.165, 1.54) is 74.0 Å². The lowest BCUT2D eigenvalue weighted by Crippen LogP contribution is -2.42. The van der Waals surface area contributed by atoms with Crippen LogP contribution in [-0.4, -0.2) is 61.3 Å². The fraction of sp³-hybridized carbons (Fsp3) is 0.579. The van der Waals surface area contributed by atoms with Gasteiger partial charge < -0.3 is 14.4 Å². The van der Waals surface area contributed by atoms with E-state index in [-0.39, 0.29) is 11.4 Å². The highest BCUT2D eigenvalue weighted by molar-refractivity contribution is 5.82. The Morgan fingerprint density at radius 3 is 2.56 bits per heavy atom. The minimum atomic E-state index is -0.360. The number of hydrogen-bond acceptors (Lipinski definition) is 4. The van der Waals surface area contributed by atoms with Gasteiger partial charge in [-0.25, -0.2) is 4.39 Å². The van der Waals surface area contributed by atoms with Gasteiger partial charge in [0.15, 0.2) is 0 Å². The second kappa shape index (κ2) is 14.8. The summed E-state index contributed by atoms with van der Waals surface area (Å²) in [5, 5.41) is 0. The average Bonchev–Trinajstić information content (AvgIpc) is 3.00. The van der Waals surface area contributed by atoms with E-state index in [2.05, 4.69) is 48.6 Å². The van der Waals surface area contributed by atoms with E-state index in [9.17, 15) is 4.39 Å². The van der Waals surface area contributed by atoms with E-state index in [1.807, 2.05) is 12.1 Å². The topological polar surface area (TPSA) is 24.9 Å². The SMILES string of the molecule is C#CCN1CCC2=C(C1)c1c(OCCCCCN3CCCCC3)cc(C(C)CCCc3ccc(F)cc3)cc1OC2(C)C. The number of unbranched alkanes of at least 4 members (excludes halogenated alkanes) is 2. The zero-order valence-corrected chi connectivity index (χ0v) is 26.7. The van der Waals surface area contributed by atoms with E-state index in [4.69, 9.17) is 15.9 Å². The van der Waals surface area contributed by atoms with Crippen molar-refractivity contribution >= 4 is 5.57 Å². The molecule has 3 aliphatic rings. The third-order valence-electron chi connectivity index (χ3n) is 9.63. The molecular formula is C38H51FN2O2. The summed E-state index contributed by atoms with van der Waals surface area (Å²) in [6.07, 6.45) is 17.3. The van der Waals surface area contributed by atoms with E-state index in [1.54, 1.807) is 12.1 Å². The number of aryl methyl sites for hydroxylation is 1. The summed E-state index contributed by atoms with van der Waals surface area (Å²) in [5.41, 5.74) is 5.92. The molecule has 0 aliphatic carbocycles. The van der Waals surface area contributed by atoms with Crippen molar-refractivity contribution in [3.63, 3.8) is 0 Å². The third kappa shape index (κ3) is 8.22. The molecule has 1 fully saturated rings. The van der Waals surface area contributed by atoms with Crippen LogP contribution in [0.5, 0.6) is 11.5 Å². The summed E-state index contributed by atoms with van der Waals surface area (Å²) in [4.78, 5) is 4.99. The maximum Gasteiger partial charge on any atom is 0.132 e. The first-order valence-electron chi connectivity index (χ1n) is 16.7. The minimum absolute atomic E-state index is 0.178. The second-order valence-corrected chi connectivity index (χ2v) is 13.4. The minimum Gasteiger partial charge on any atom is -0.493 e. The molecule has 1 atom stereocenters. The number of halogens is 1. The van der Waals surface area contributed by atoms with Gasteiger partial charge in [-0.1, -0.05) is 31.4 Å². The summed E-state index contributed by atoms with van der Waals surface area (Å²) < 4.78 is 26.8. The second-order valence-electron chi connectivity index (χ2n) is 13.4. The molecule has 1 unspecified atom stereocenters. The Bertz CT molecular complexity index is 1290. The predicted molar refractivity (Wildman–Crippen MR) is 175 cm³/mol. The normalized spacial score (nSPS) is 19.2. The molecule has 0 saturated carbocycles. The summed E-state index contributed by atoms with van der Waals surface area (Å²) in [5.74, 6) is 4.92. The fourth-order valence-corrected chi connectivity index (χ4v) is 7.11. The molecule has 0 amide bonds. The number of rotatable bonds is 13. The van der Waals surface area contributed by atoms with Gasteiger partial charge in [0.25, 0.3) is 0 Å². The quantitative estimate of drug-likeness (QED) is 0.174. The van der Waals surface area contributed by atoms with Crippen molar-refractivity contribution in [2.24, 2.45) is 0 Å². The van der Waals surface area contributed by atoms with Crippen LogP contribution in [0.15, 0.2) is 42.0 Å². The molecule has 5 heteroatoms. The molecule has 2 aromatic carbocycles. The van der Waals surface area contributed by atoms with Crippen LogP contribution >= 0.6 is 0 Å². The van der Waals surface area contributed by atoms with Crippen LogP contribution in [0.4, 0.5) is 4.39 Å². The summed E-state index contributed by atoms with van der Waals surface area (Å²) in [6, 6.07) is 11.4. The molecule has 3 aliphatic heterocycles. The van der Waals surface area contributed by atoms with Crippen LogP contribution in [0.25, 0.3) is 5.57 Å². The Balaban J connectivity index is 1.31. The van der Waals surface area contributed by atoms with Gasteiger partial charge in [0.1, 0.15) is 22.9 Å². The maximum atomic E-state index is 13.3. The molecule has 0 spiro atoms. The number of nitrogens with zero attached hydrogens (tertiary/aromatic N) is 2. The van der Waals surface area contributed by atoms with Crippen molar-refractivity contribution in [2.75, 3.05) is 45.9 Å². The molecule has 232 valence electrons. The van der Waals surface area contributed by atoms with Crippen LogP contribution in [-0.2, 0) is 6.42 Å². The highest BCUT2D eigenvalue weighted by Crippen LogP contribution is 2.49. The van der Waals surface area contributed by atoms with Crippen molar-refractivity contribution in [1.29, 1.82) is 0 Å². The summed E-state index contributed by atoms with van der Waals surface area (Å²) in [6.45, 7) is 13.6. The summed E-state index contributed by atoms with van der Waals surface area (Å²) in [7, 11) is 0. The highest BCUT2D eigenvalue weighted by Gasteiger charge is 2.39. The number of piperidine rings is 1. The first kappa shape index (κ1) is 31.6. The van der Waals surface area contributed by atoms with Crippen LogP contribution in [0.3, 0.4) is 0 Å². The van der Waals surface area contributed by atoms with E-state index >= 15 is 0 Å². The van der Waals surface area contributed by atoms with Gasteiger partial charge in [0, 0.05) is 13.1 Å². The lowest BCUT2D eigenvalue weighted by atomic mass is 9.80. The number of benzene rings is 2. The van der Waals surface area contributed by atoms with Gasteiger partial charge in [0.2, 0.25) is 0 Å². The van der Waals surface area contributed by atoms with Crippen LogP contribution < -0.4 is 9.47 Å². The smallest absolute Gasteiger partial charge is 0.132 e. The number of terminal acetylenes is 1. The maximum absolute atomic E-state index is 13.3. The van der Waals surface area contributed by atoms with Crippen molar-refractivity contribution in [2.45, 2.75) is 96.5 Å². The number of likely N-dealkylation sites (tertiary alicyclic amines) is 1. The Morgan fingerprint density at radius 2 is 1.79 bits per heavy atom. The highest BCUT2D eigenvalue weighted by atomic mass is 19.1. The van der Waals surface area contributed by atoms with Gasteiger partial charge in [0.05, 0.1) is 18.7 Å². The standard InChI is InChI=1S/C38H51FN2O2/c1-5-20-41-24-19-34-33(28-41)37-35(42-25-11-7-10-23-40-21-8-6-9-22-40)26-31(27-36(37)43-38(34,3)4)29(2)13-12-14-30-15-17-32(39)18-16-30/h1,15-18,26-27,29H,6-14,19-25,28H2,2-4H3. The fourth-order valence-electron chi connectivity index (χ4n) is 7.11. The lowest BCUT2D eigenvalue weighted by molar-refractivity contribution is 0.131. The Hall–Kier alpha value is -2.81. The van der Waals surface area contributed by atoms with Gasteiger partial charge in [-0.2, -0.15) is 0 Å². The molecular weight excluding hydrogens is 535 g/mol. The molecule has 0 N–H and O–H groups in total. The van der Waals surface area contributed by atoms with Gasteiger partial charge >= 0.3 is 0 Å². The molecule has 43 heavy (non-hydrogen) atoms. The molecule has 2 aromatic rings. The molecule has 3 heterocycles. The van der Waals surface area contributed by atoms with Crippen LogP contribution in [0.1, 0.15) is 101 Å². The number of fused-ring (bicyclic) bond motifs is 2. The van der Waals surface area contributed by atoms with Gasteiger partial charge in [-0.15, -0.1) is 6.42 Å². The Kier molecular flexibility index (Phi) is 10.9. The number of hydrogen-bond donors (Lipinski definition) is 0. The van der Waals surface area contributed by atoms with Crippen molar-refractivity contribution in [1.82, 2.24) is 9.80 Å². The van der Waals surface area contributed by atoms with Gasteiger partial charge in [-0.05, 0) is 144 Å². The number of ether oxygens (including phenoxy) is 2. The molecule has 4 nitrogen and oxygen atoms in total. The van der Waals surface area contributed by atoms with Crippen molar-refractivity contribution in [3.05, 3.63) is 64.5 Å². The predicted octanol–water partition coefficient (Wildman–Crippen LogP) is 8.25. The molecule has 1 saturated heterocycles. The first-order valence-corrected chi connectivity index (χ1v) is 16.7. The summed E-state index contributed by atoms with van der Waals surface area (Å²) >= 11 is 0. The van der Waals surface area contributed by atoms with E-state index < -0.39 is 0 Å². The molecule has 5 rings (SSSR count). The largest absolute Gasteiger partial charge is 0.493 e. The van der Waals surface area contributed by atoms with Crippen molar-refractivity contribution < 1.29 is 13.9 Å². The monoisotopic (exact) mass is 586 g/mol. The zero-order valence-electron chi connectivity index (χ0n) is 26.7. The van der Waals surface area contributed by atoms with Gasteiger partial charge in [-0.3, -0.25) is 4.90 Å². The van der Waals surface area contributed by atoms with Crippen molar-refractivity contribution in [3.8, 4) is 23.8 Å².